The van der Waals surface area contributed by atoms with E-state index < -0.39 is 9.84 Å². The fourth-order valence-corrected chi connectivity index (χ4v) is 4.79. The average Bonchev–Trinajstić information content (AvgIpc) is 2.40. The Kier molecular flexibility index (Phi) is 5.07. The van der Waals surface area contributed by atoms with Crippen LogP contribution in [0.25, 0.3) is 0 Å². The summed E-state index contributed by atoms with van der Waals surface area (Å²) in [5.41, 5.74) is 0. The van der Waals surface area contributed by atoms with E-state index in [1.807, 2.05) is 14.1 Å². The van der Waals surface area contributed by atoms with E-state index in [4.69, 9.17) is 0 Å². The molecule has 0 spiro atoms. The molecule has 0 saturated carbocycles. The third kappa shape index (κ3) is 3.17. The molecule has 0 bridgehead atoms. The molecule has 2 aliphatic rings. The van der Waals surface area contributed by atoms with Crippen molar-refractivity contribution in [3.8, 4) is 0 Å². The predicted molar refractivity (Wildman–Crippen MR) is 81.3 cm³/mol. The van der Waals surface area contributed by atoms with Gasteiger partial charge in [0.1, 0.15) is 6.29 Å². The van der Waals surface area contributed by atoms with Gasteiger partial charge in [-0.1, -0.05) is 6.92 Å². The van der Waals surface area contributed by atoms with E-state index in [2.05, 4.69) is 26.9 Å². The summed E-state index contributed by atoms with van der Waals surface area (Å²) in [7, 11) is 1.10. The summed E-state index contributed by atoms with van der Waals surface area (Å²) in [6, 6.07) is 0.470. The van der Waals surface area contributed by atoms with Gasteiger partial charge in [-0.05, 0) is 21.0 Å². The van der Waals surface area contributed by atoms with Crippen molar-refractivity contribution in [3.05, 3.63) is 0 Å². The van der Waals surface area contributed by atoms with Crippen molar-refractivity contribution < 1.29 is 8.42 Å². The number of sulfone groups is 1. The summed E-state index contributed by atoms with van der Waals surface area (Å²) in [6.07, 6.45) is 0.204. The molecular formula is C13H28N4O2S. The highest BCUT2D eigenvalue weighted by atomic mass is 32.2. The Labute approximate surface area is 123 Å². The second kappa shape index (κ2) is 6.27. The lowest BCUT2D eigenvalue weighted by Gasteiger charge is -2.51. The van der Waals surface area contributed by atoms with Crippen molar-refractivity contribution in [3.63, 3.8) is 0 Å². The molecule has 1 N–H and O–H groups in total. The third-order valence-electron chi connectivity index (χ3n) is 4.53. The number of rotatable bonds is 3. The third-order valence-corrected chi connectivity index (χ3v) is 6.65. The molecular weight excluding hydrogens is 276 g/mol. The molecule has 0 aromatic heterocycles. The second-order valence-corrected chi connectivity index (χ2v) is 8.66. The smallest absolute Gasteiger partial charge is 0.155 e. The van der Waals surface area contributed by atoms with E-state index in [-0.39, 0.29) is 17.3 Å². The van der Waals surface area contributed by atoms with E-state index in [0.29, 0.717) is 19.1 Å². The quantitative estimate of drug-likeness (QED) is 0.740. The minimum atomic E-state index is -2.97. The number of nitrogens with one attached hydrogen (secondary N) is 1. The Hall–Kier alpha value is -0.210. The maximum Gasteiger partial charge on any atom is 0.155 e. The Balaban J connectivity index is 2.11. The Morgan fingerprint density at radius 3 is 2.30 bits per heavy atom. The van der Waals surface area contributed by atoms with Crippen molar-refractivity contribution in [2.24, 2.45) is 0 Å². The van der Waals surface area contributed by atoms with Crippen LogP contribution in [-0.2, 0) is 9.84 Å². The normalized spacial score (nSPS) is 35.3. The van der Waals surface area contributed by atoms with Crippen LogP contribution in [0.1, 0.15) is 13.8 Å². The zero-order valence-corrected chi connectivity index (χ0v) is 13.9. The largest absolute Gasteiger partial charge is 0.314 e. The van der Waals surface area contributed by atoms with Gasteiger partial charge >= 0.3 is 0 Å². The molecule has 118 valence electrons. The molecule has 2 saturated heterocycles. The van der Waals surface area contributed by atoms with E-state index >= 15 is 0 Å². The van der Waals surface area contributed by atoms with Crippen LogP contribution in [0, 0.1) is 0 Å². The monoisotopic (exact) mass is 304 g/mol. The first kappa shape index (κ1) is 16.2. The van der Waals surface area contributed by atoms with Crippen molar-refractivity contribution in [1.29, 1.82) is 0 Å². The summed E-state index contributed by atoms with van der Waals surface area (Å²) in [4.78, 5) is 6.83. The highest BCUT2D eigenvalue weighted by molar-refractivity contribution is 7.92. The molecule has 0 aromatic rings. The van der Waals surface area contributed by atoms with Crippen molar-refractivity contribution in [2.45, 2.75) is 31.4 Å². The Morgan fingerprint density at radius 2 is 1.80 bits per heavy atom. The fourth-order valence-electron chi connectivity index (χ4n) is 3.39. The minimum Gasteiger partial charge on any atom is -0.314 e. The van der Waals surface area contributed by atoms with E-state index in [9.17, 15) is 8.42 Å². The van der Waals surface area contributed by atoms with E-state index in [1.54, 1.807) is 6.92 Å². The molecule has 0 radical (unpaired) electrons. The van der Waals surface area contributed by atoms with Crippen LogP contribution in [0.5, 0.6) is 0 Å². The van der Waals surface area contributed by atoms with Gasteiger partial charge in [0.15, 0.2) is 9.84 Å². The van der Waals surface area contributed by atoms with Crippen LogP contribution >= 0.6 is 0 Å². The Bertz CT molecular complexity index is 416. The lowest BCUT2D eigenvalue weighted by molar-refractivity contribution is -0.0923. The highest BCUT2D eigenvalue weighted by Crippen LogP contribution is 2.21. The average molecular weight is 304 g/mol. The molecule has 0 amide bonds. The molecule has 6 nitrogen and oxygen atoms in total. The Morgan fingerprint density at radius 1 is 1.20 bits per heavy atom. The van der Waals surface area contributed by atoms with Crippen LogP contribution in [0.15, 0.2) is 0 Å². The van der Waals surface area contributed by atoms with Crippen LogP contribution < -0.4 is 5.32 Å². The molecule has 2 aliphatic heterocycles. The van der Waals surface area contributed by atoms with E-state index in [1.165, 1.54) is 0 Å². The fraction of sp³-hybridized carbons (Fsp3) is 1.00. The SMILES string of the molecule is CCS(=O)(=O)C1CN(C)C(N2CCNCC2C)N(C)C1. The molecule has 2 rings (SSSR count). The lowest BCUT2D eigenvalue weighted by atomic mass is 10.2. The highest BCUT2D eigenvalue weighted by Gasteiger charge is 2.40. The van der Waals surface area contributed by atoms with Gasteiger partial charge in [-0.15, -0.1) is 0 Å². The number of hydrogen-bond donors (Lipinski definition) is 1. The second-order valence-electron chi connectivity index (χ2n) is 6.09. The van der Waals surface area contributed by atoms with Crippen LogP contribution in [0.2, 0.25) is 0 Å². The molecule has 0 aliphatic carbocycles. The molecule has 2 fully saturated rings. The summed E-state index contributed by atoms with van der Waals surface area (Å²) >= 11 is 0. The van der Waals surface area contributed by atoms with Crippen molar-refractivity contribution in [2.75, 3.05) is 52.6 Å². The zero-order chi connectivity index (χ0) is 14.9. The maximum absolute atomic E-state index is 12.1. The first-order valence-corrected chi connectivity index (χ1v) is 9.17. The van der Waals surface area contributed by atoms with Gasteiger partial charge in [0.25, 0.3) is 0 Å². The number of piperazine rings is 1. The van der Waals surface area contributed by atoms with Crippen LogP contribution in [0.4, 0.5) is 0 Å². The maximum atomic E-state index is 12.1. The predicted octanol–water partition coefficient (Wildman–Crippen LogP) is -0.756. The lowest BCUT2D eigenvalue weighted by Crippen LogP contribution is -2.68. The summed E-state index contributed by atoms with van der Waals surface area (Å²) in [5, 5.41) is 3.13. The summed E-state index contributed by atoms with van der Waals surface area (Å²) < 4.78 is 24.2. The molecule has 1 unspecified atom stereocenters. The molecule has 0 aromatic carbocycles. The molecule has 2 heterocycles. The first-order chi connectivity index (χ1) is 9.36. The molecule has 1 atom stereocenters. The zero-order valence-electron chi connectivity index (χ0n) is 13.0. The van der Waals surface area contributed by atoms with Gasteiger partial charge in [0.05, 0.1) is 5.25 Å². The number of hydrogen-bond acceptors (Lipinski definition) is 6. The summed E-state index contributed by atoms with van der Waals surface area (Å²) in [6.45, 7) is 8.21. The van der Waals surface area contributed by atoms with E-state index in [0.717, 1.165) is 19.6 Å². The molecule has 20 heavy (non-hydrogen) atoms. The van der Waals surface area contributed by atoms with Gasteiger partial charge in [0, 0.05) is 44.5 Å². The minimum absolute atomic E-state index is 0.204. The van der Waals surface area contributed by atoms with Gasteiger partial charge < -0.3 is 5.32 Å². The van der Waals surface area contributed by atoms with Gasteiger partial charge in [-0.3, -0.25) is 14.7 Å². The van der Waals surface area contributed by atoms with Gasteiger partial charge in [0.2, 0.25) is 0 Å². The standard InChI is InChI=1S/C13H28N4O2S/c1-5-20(18,19)12-9-15(3)13(16(4)10-12)17-7-6-14-8-11(17)2/h11-14H,5-10H2,1-4H3. The topological polar surface area (TPSA) is 55.9 Å². The number of nitrogens with zero attached hydrogens (tertiary/aromatic N) is 3. The van der Waals surface area contributed by atoms with Crippen molar-refractivity contribution in [1.82, 2.24) is 20.0 Å². The summed E-state index contributed by atoms with van der Waals surface area (Å²) in [5.74, 6) is 0.230. The molecule has 7 heteroatoms. The van der Waals surface area contributed by atoms with Crippen LogP contribution in [-0.4, -0.2) is 93.3 Å². The first-order valence-electron chi connectivity index (χ1n) is 7.45. The van der Waals surface area contributed by atoms with Gasteiger partial charge in [-0.25, -0.2) is 8.42 Å². The van der Waals surface area contributed by atoms with Gasteiger partial charge in [-0.2, -0.15) is 0 Å². The van der Waals surface area contributed by atoms with Crippen molar-refractivity contribution >= 4 is 9.84 Å². The van der Waals surface area contributed by atoms with Crippen LogP contribution in [0.3, 0.4) is 0 Å².